The lowest BCUT2D eigenvalue weighted by Crippen LogP contribution is -2.23. The summed E-state index contributed by atoms with van der Waals surface area (Å²) >= 11 is 0. The standard InChI is InChI=1S/C24H23BFN7O2/c1-12-16(11-31(4)30-12)14-7-15-19(8-17(14)25-2)28-10-20-21(15)33(24(35)32(20)5)22-18(26)6-13(9-29-22)23(34)27-3/h6-11,25H,1-5H3,(H,27,34). The van der Waals surface area contributed by atoms with E-state index in [4.69, 9.17) is 0 Å². The molecule has 0 aliphatic heterocycles. The van der Waals surface area contributed by atoms with Crippen LogP contribution >= 0.6 is 0 Å². The summed E-state index contributed by atoms with van der Waals surface area (Å²) in [6.07, 6.45) is 4.83. The Kier molecular flexibility index (Phi) is 5.27. The molecule has 0 aliphatic carbocycles. The molecule has 5 rings (SSSR count). The van der Waals surface area contributed by atoms with Crippen LogP contribution in [0.2, 0.25) is 6.82 Å². The molecule has 35 heavy (non-hydrogen) atoms. The number of amides is 1. The van der Waals surface area contributed by atoms with Crippen molar-refractivity contribution in [2.75, 3.05) is 7.05 Å². The zero-order valence-corrected chi connectivity index (χ0v) is 20.0. The highest BCUT2D eigenvalue weighted by Gasteiger charge is 2.22. The zero-order valence-electron chi connectivity index (χ0n) is 20.0. The minimum atomic E-state index is -0.779. The Bertz CT molecular complexity index is 1720. The first kappa shape index (κ1) is 22.5. The molecule has 0 saturated carbocycles. The van der Waals surface area contributed by atoms with Gasteiger partial charge >= 0.3 is 5.69 Å². The number of hydrogen-bond donors (Lipinski definition) is 1. The number of nitrogens with one attached hydrogen (secondary N) is 1. The van der Waals surface area contributed by atoms with Crippen molar-refractivity contribution < 1.29 is 9.18 Å². The van der Waals surface area contributed by atoms with Gasteiger partial charge in [-0.15, -0.1) is 0 Å². The average Bonchev–Trinajstić information content (AvgIpc) is 3.32. The maximum absolute atomic E-state index is 15.2. The summed E-state index contributed by atoms with van der Waals surface area (Å²) in [5.74, 6) is -1.43. The molecule has 1 N–H and O–H groups in total. The van der Waals surface area contributed by atoms with E-state index in [9.17, 15) is 9.59 Å². The van der Waals surface area contributed by atoms with Crippen LogP contribution in [0.25, 0.3) is 38.9 Å². The molecule has 0 aliphatic rings. The van der Waals surface area contributed by atoms with Gasteiger partial charge in [-0.2, -0.15) is 5.10 Å². The van der Waals surface area contributed by atoms with Crippen LogP contribution < -0.4 is 16.5 Å². The Labute approximate surface area is 200 Å². The number of nitrogens with zero attached hydrogens (tertiary/aromatic N) is 6. The van der Waals surface area contributed by atoms with Gasteiger partial charge < -0.3 is 5.32 Å². The highest BCUT2D eigenvalue weighted by atomic mass is 19.1. The van der Waals surface area contributed by atoms with Crippen molar-refractivity contribution in [3.8, 4) is 16.9 Å². The Morgan fingerprint density at radius 1 is 1.11 bits per heavy atom. The van der Waals surface area contributed by atoms with Crippen LogP contribution in [0.5, 0.6) is 0 Å². The third-order valence-electron chi connectivity index (χ3n) is 6.32. The maximum Gasteiger partial charge on any atom is 0.334 e. The van der Waals surface area contributed by atoms with Crippen LogP contribution in [-0.4, -0.2) is 49.1 Å². The number of aromatic nitrogens is 6. The van der Waals surface area contributed by atoms with Gasteiger partial charge in [-0.3, -0.25) is 19.0 Å². The highest BCUT2D eigenvalue weighted by molar-refractivity contribution is 6.54. The van der Waals surface area contributed by atoms with Crippen molar-refractivity contribution in [1.82, 2.24) is 34.2 Å². The van der Waals surface area contributed by atoms with Crippen LogP contribution in [0.4, 0.5) is 4.39 Å². The van der Waals surface area contributed by atoms with E-state index in [1.165, 1.54) is 22.4 Å². The van der Waals surface area contributed by atoms with E-state index in [-0.39, 0.29) is 11.4 Å². The van der Waals surface area contributed by atoms with Crippen molar-refractivity contribution in [2.24, 2.45) is 14.1 Å². The fourth-order valence-corrected chi connectivity index (χ4v) is 4.55. The topological polar surface area (TPSA) is 99.6 Å². The summed E-state index contributed by atoms with van der Waals surface area (Å²) in [5.41, 5.74) is 5.24. The molecule has 0 spiro atoms. The molecule has 0 bridgehead atoms. The molecule has 1 aromatic carbocycles. The van der Waals surface area contributed by atoms with Gasteiger partial charge in [0.05, 0.1) is 34.0 Å². The Hall–Kier alpha value is -4.28. The lowest BCUT2D eigenvalue weighted by molar-refractivity contribution is 0.0962. The second-order valence-electron chi connectivity index (χ2n) is 8.46. The largest absolute Gasteiger partial charge is 0.355 e. The van der Waals surface area contributed by atoms with Crippen LogP contribution in [0, 0.1) is 12.7 Å². The third kappa shape index (κ3) is 3.42. The number of carbonyl (C=O) groups excluding carboxylic acids is 1. The van der Waals surface area contributed by atoms with Gasteiger partial charge in [0.1, 0.15) is 0 Å². The minimum absolute atomic E-state index is 0.0653. The minimum Gasteiger partial charge on any atom is -0.355 e. The number of carbonyl (C=O) groups is 1. The van der Waals surface area contributed by atoms with Crippen LogP contribution in [-0.2, 0) is 14.1 Å². The van der Waals surface area contributed by atoms with E-state index in [0.717, 1.165) is 35.6 Å². The summed E-state index contributed by atoms with van der Waals surface area (Å²) in [7, 11) is 5.71. The number of halogens is 1. The number of rotatable bonds is 4. The van der Waals surface area contributed by atoms with Gasteiger partial charge in [0.25, 0.3) is 5.91 Å². The van der Waals surface area contributed by atoms with E-state index in [2.05, 4.69) is 27.2 Å². The third-order valence-corrected chi connectivity index (χ3v) is 6.32. The van der Waals surface area contributed by atoms with E-state index in [1.807, 2.05) is 32.3 Å². The fraction of sp³-hybridized carbons (Fsp3) is 0.208. The first-order valence-corrected chi connectivity index (χ1v) is 11.2. The maximum atomic E-state index is 15.2. The van der Waals surface area contributed by atoms with E-state index >= 15 is 4.39 Å². The molecule has 5 aromatic rings. The van der Waals surface area contributed by atoms with Crippen molar-refractivity contribution in [1.29, 1.82) is 0 Å². The number of pyridine rings is 2. The summed E-state index contributed by atoms with van der Waals surface area (Å²) in [6, 6.07) is 5.06. The molecule has 4 aromatic heterocycles. The van der Waals surface area contributed by atoms with Crippen molar-refractivity contribution in [3.05, 3.63) is 64.3 Å². The molecule has 9 nitrogen and oxygen atoms in total. The van der Waals surface area contributed by atoms with Gasteiger partial charge in [-0.25, -0.2) is 18.7 Å². The van der Waals surface area contributed by atoms with Crippen LogP contribution in [0.15, 0.2) is 41.6 Å². The molecule has 0 unspecified atom stereocenters. The smallest absolute Gasteiger partial charge is 0.334 e. The monoisotopic (exact) mass is 471 g/mol. The van der Waals surface area contributed by atoms with Crippen molar-refractivity contribution >= 4 is 40.6 Å². The molecule has 1 amide bonds. The molecular weight excluding hydrogens is 448 g/mol. The molecule has 0 fully saturated rings. The highest BCUT2D eigenvalue weighted by Crippen LogP contribution is 2.30. The normalized spacial score (nSPS) is 11.4. The number of hydrogen-bond acceptors (Lipinski definition) is 5. The van der Waals surface area contributed by atoms with Gasteiger partial charge in [0.15, 0.2) is 18.9 Å². The Morgan fingerprint density at radius 2 is 1.89 bits per heavy atom. The van der Waals surface area contributed by atoms with Gasteiger partial charge in [-0.05, 0) is 30.7 Å². The Balaban J connectivity index is 1.87. The van der Waals surface area contributed by atoms with Crippen LogP contribution in [0.3, 0.4) is 0 Å². The van der Waals surface area contributed by atoms with Gasteiger partial charge in [-0.1, -0.05) is 12.3 Å². The number of benzene rings is 1. The summed E-state index contributed by atoms with van der Waals surface area (Å²) in [6.45, 7) is 4.02. The molecule has 0 saturated heterocycles. The van der Waals surface area contributed by atoms with E-state index < -0.39 is 17.4 Å². The summed E-state index contributed by atoms with van der Waals surface area (Å²) in [5, 5.41) is 7.61. The average molecular weight is 471 g/mol. The summed E-state index contributed by atoms with van der Waals surface area (Å²) < 4.78 is 19.7. The fourth-order valence-electron chi connectivity index (χ4n) is 4.55. The quantitative estimate of drug-likeness (QED) is 0.402. The SMILES string of the molecule is CBc1cc2ncc3c(c2cc1-c1cn(C)nc1C)n(-c1ncc(C(=O)NC)cc1F)c(=O)n3C. The molecule has 4 heterocycles. The number of fused-ring (bicyclic) bond motifs is 3. The lowest BCUT2D eigenvalue weighted by atomic mass is 9.69. The van der Waals surface area contributed by atoms with Gasteiger partial charge in [0, 0.05) is 44.5 Å². The number of imidazole rings is 1. The van der Waals surface area contributed by atoms with Crippen molar-refractivity contribution in [2.45, 2.75) is 13.7 Å². The van der Waals surface area contributed by atoms with Crippen molar-refractivity contribution in [3.63, 3.8) is 0 Å². The lowest BCUT2D eigenvalue weighted by Gasteiger charge is -2.12. The zero-order chi connectivity index (χ0) is 25.0. The van der Waals surface area contributed by atoms with E-state index in [0.29, 0.717) is 21.9 Å². The second-order valence-corrected chi connectivity index (χ2v) is 8.46. The Morgan fingerprint density at radius 3 is 2.51 bits per heavy atom. The first-order chi connectivity index (χ1) is 16.7. The molecule has 176 valence electrons. The predicted molar refractivity (Wildman–Crippen MR) is 135 cm³/mol. The number of aryl methyl sites for hydroxylation is 3. The molecular formula is C24H23BFN7O2. The van der Waals surface area contributed by atoms with Crippen LogP contribution in [0.1, 0.15) is 16.1 Å². The van der Waals surface area contributed by atoms with E-state index in [1.54, 1.807) is 17.9 Å². The molecule has 11 heteroatoms. The van der Waals surface area contributed by atoms with Gasteiger partial charge in [0.2, 0.25) is 0 Å². The first-order valence-electron chi connectivity index (χ1n) is 11.2. The second kappa shape index (κ2) is 8.19. The summed E-state index contributed by atoms with van der Waals surface area (Å²) in [4.78, 5) is 34.0. The molecule has 0 radical (unpaired) electrons. The predicted octanol–water partition coefficient (Wildman–Crippen LogP) is 1.59. The molecule has 0 atom stereocenters.